The fourth-order valence-corrected chi connectivity index (χ4v) is 2.49. The number of thiazole rings is 1. The van der Waals surface area contributed by atoms with Gasteiger partial charge in [-0.05, 0) is 12.3 Å². The Morgan fingerprint density at radius 3 is 2.52 bits per heavy atom. The molecule has 0 atom stereocenters. The lowest BCUT2D eigenvalue weighted by Gasteiger charge is -2.21. The minimum absolute atomic E-state index is 0.0386. The van der Waals surface area contributed by atoms with Crippen molar-refractivity contribution < 1.29 is 19.5 Å². The van der Waals surface area contributed by atoms with E-state index in [0.29, 0.717) is 0 Å². The van der Waals surface area contributed by atoms with E-state index in [1.54, 1.807) is 20.0 Å². The molecule has 0 aliphatic carbocycles. The van der Waals surface area contributed by atoms with Crippen molar-refractivity contribution in [1.82, 2.24) is 15.6 Å². The Balaban J connectivity index is 2.36. The molecule has 1 heterocycles. The van der Waals surface area contributed by atoms with Gasteiger partial charge in [-0.25, -0.2) is 9.78 Å². The van der Waals surface area contributed by atoms with Crippen molar-refractivity contribution in [2.75, 3.05) is 0 Å². The Bertz CT molecular complexity index is 539. The summed E-state index contributed by atoms with van der Waals surface area (Å²) in [5, 5.41) is 14.2. The van der Waals surface area contributed by atoms with Gasteiger partial charge in [0.05, 0.1) is 13.0 Å². The number of nitrogens with zero attached hydrogens (tertiary/aromatic N) is 1. The van der Waals surface area contributed by atoms with Crippen LogP contribution in [0, 0.1) is 12.3 Å². The third-order valence-electron chi connectivity index (χ3n) is 2.59. The number of aryl methyl sites for hydroxylation is 1. The zero-order chi connectivity index (χ0) is 16.0. The molecule has 0 aromatic carbocycles. The van der Waals surface area contributed by atoms with Gasteiger partial charge in [-0.15, -0.1) is 11.3 Å². The minimum Gasteiger partial charge on any atom is -0.481 e. The van der Waals surface area contributed by atoms with Crippen molar-refractivity contribution >= 4 is 29.2 Å². The van der Waals surface area contributed by atoms with E-state index in [1.807, 2.05) is 6.92 Å². The summed E-state index contributed by atoms with van der Waals surface area (Å²) >= 11 is 1.46. The summed E-state index contributed by atoms with van der Waals surface area (Å²) in [7, 11) is 0. The maximum atomic E-state index is 11.7. The zero-order valence-electron chi connectivity index (χ0n) is 12.2. The number of carbonyl (C=O) groups excluding carboxylic acids is 2. The number of hydrogen-bond acceptors (Lipinski definition) is 5. The van der Waals surface area contributed by atoms with Crippen LogP contribution in [0.4, 0.5) is 4.79 Å². The number of imide groups is 1. The molecule has 0 unspecified atom stereocenters. The van der Waals surface area contributed by atoms with Gasteiger partial charge in [0.15, 0.2) is 0 Å². The highest BCUT2D eigenvalue weighted by molar-refractivity contribution is 7.11. The molecule has 1 aromatic heterocycles. The van der Waals surface area contributed by atoms with E-state index in [2.05, 4.69) is 15.6 Å². The van der Waals surface area contributed by atoms with Crippen molar-refractivity contribution in [3.8, 4) is 0 Å². The molecule has 116 valence electrons. The third-order valence-corrected chi connectivity index (χ3v) is 3.50. The van der Waals surface area contributed by atoms with Crippen molar-refractivity contribution in [1.29, 1.82) is 0 Å². The van der Waals surface area contributed by atoms with Crippen LogP contribution in [0.15, 0.2) is 6.20 Å². The van der Waals surface area contributed by atoms with Gasteiger partial charge in [0.2, 0.25) is 5.91 Å². The van der Waals surface area contributed by atoms with E-state index in [0.717, 1.165) is 9.88 Å². The summed E-state index contributed by atoms with van der Waals surface area (Å²) < 4.78 is 0. The predicted molar refractivity (Wildman–Crippen MR) is 77.9 cm³/mol. The summed E-state index contributed by atoms with van der Waals surface area (Å²) in [4.78, 5) is 39.0. The number of nitrogens with one attached hydrogen (secondary N) is 2. The third kappa shape index (κ3) is 6.84. The SMILES string of the molecule is Cc1cnc(CNC(=O)NC(=O)CC(C)(C)CC(=O)O)s1. The van der Waals surface area contributed by atoms with Crippen LogP contribution in [-0.4, -0.2) is 28.0 Å². The van der Waals surface area contributed by atoms with Crippen LogP contribution >= 0.6 is 11.3 Å². The number of carboxylic acids is 1. The first kappa shape index (κ1) is 17.1. The molecule has 21 heavy (non-hydrogen) atoms. The van der Waals surface area contributed by atoms with Gasteiger partial charge in [0, 0.05) is 17.5 Å². The average molecular weight is 313 g/mol. The maximum Gasteiger partial charge on any atom is 0.321 e. The number of rotatable bonds is 6. The van der Waals surface area contributed by atoms with Gasteiger partial charge in [-0.2, -0.15) is 0 Å². The number of urea groups is 1. The fraction of sp³-hybridized carbons (Fsp3) is 0.538. The van der Waals surface area contributed by atoms with Gasteiger partial charge in [0.1, 0.15) is 5.01 Å². The fourth-order valence-electron chi connectivity index (χ4n) is 1.76. The largest absolute Gasteiger partial charge is 0.481 e. The molecule has 0 fully saturated rings. The van der Waals surface area contributed by atoms with Gasteiger partial charge in [-0.3, -0.25) is 14.9 Å². The Hall–Kier alpha value is -1.96. The molecule has 0 aliphatic heterocycles. The Labute approximate surface area is 126 Å². The average Bonchev–Trinajstić information content (AvgIpc) is 2.69. The second-order valence-electron chi connectivity index (χ2n) is 5.51. The monoisotopic (exact) mass is 313 g/mol. The number of carbonyl (C=O) groups is 3. The van der Waals surface area contributed by atoms with Gasteiger partial charge < -0.3 is 10.4 Å². The topological polar surface area (TPSA) is 108 Å². The molecule has 0 saturated carbocycles. The Morgan fingerprint density at radius 1 is 1.33 bits per heavy atom. The number of aliphatic carboxylic acids is 1. The molecule has 3 amide bonds. The second kappa shape index (κ2) is 7.16. The normalized spacial score (nSPS) is 11.0. The molecular weight excluding hydrogens is 294 g/mol. The molecule has 0 aliphatic rings. The highest BCUT2D eigenvalue weighted by Crippen LogP contribution is 2.24. The molecule has 7 nitrogen and oxygen atoms in total. The molecule has 0 saturated heterocycles. The van der Waals surface area contributed by atoms with Crippen LogP contribution in [-0.2, 0) is 16.1 Å². The van der Waals surface area contributed by atoms with Crippen molar-refractivity contribution in [2.24, 2.45) is 5.41 Å². The van der Waals surface area contributed by atoms with Crippen LogP contribution in [0.2, 0.25) is 0 Å². The van der Waals surface area contributed by atoms with Gasteiger partial charge in [-0.1, -0.05) is 13.8 Å². The van der Waals surface area contributed by atoms with Crippen LogP contribution in [0.1, 0.15) is 36.6 Å². The minimum atomic E-state index is -0.976. The number of hydrogen-bond donors (Lipinski definition) is 3. The predicted octanol–water partition coefficient (Wildman–Crippen LogP) is 1.67. The van der Waals surface area contributed by atoms with Crippen LogP contribution in [0.5, 0.6) is 0 Å². The lowest BCUT2D eigenvalue weighted by Crippen LogP contribution is -2.40. The van der Waals surface area contributed by atoms with E-state index in [9.17, 15) is 14.4 Å². The number of carboxylic acid groups (broad SMARTS) is 1. The standard InChI is InChI=1S/C13H19N3O4S/c1-8-6-14-10(21-8)7-15-12(20)16-9(17)4-13(2,3)5-11(18)19/h6H,4-5,7H2,1-3H3,(H,18,19)(H2,15,16,17,20). The summed E-state index contributed by atoms with van der Waals surface area (Å²) in [5.74, 6) is -1.48. The highest BCUT2D eigenvalue weighted by Gasteiger charge is 2.25. The number of amides is 3. The molecular formula is C13H19N3O4S. The van der Waals surface area contributed by atoms with E-state index in [1.165, 1.54) is 11.3 Å². The van der Waals surface area contributed by atoms with Gasteiger partial charge >= 0.3 is 12.0 Å². The number of aromatic nitrogens is 1. The first-order valence-electron chi connectivity index (χ1n) is 6.39. The second-order valence-corrected chi connectivity index (χ2v) is 6.83. The van der Waals surface area contributed by atoms with Crippen molar-refractivity contribution in [3.63, 3.8) is 0 Å². The van der Waals surface area contributed by atoms with E-state index in [4.69, 9.17) is 5.11 Å². The molecule has 0 radical (unpaired) electrons. The van der Waals surface area contributed by atoms with E-state index in [-0.39, 0.29) is 19.4 Å². The molecule has 8 heteroatoms. The quantitative estimate of drug-likeness (QED) is 0.740. The van der Waals surface area contributed by atoms with Crippen LogP contribution in [0.3, 0.4) is 0 Å². The molecule has 0 bridgehead atoms. The summed E-state index contributed by atoms with van der Waals surface area (Å²) in [6.45, 7) is 5.49. The Kier molecular flexibility index (Phi) is 5.83. The summed E-state index contributed by atoms with van der Waals surface area (Å²) in [6, 6.07) is -0.612. The van der Waals surface area contributed by atoms with E-state index >= 15 is 0 Å². The van der Waals surface area contributed by atoms with Crippen molar-refractivity contribution in [3.05, 3.63) is 16.1 Å². The summed E-state index contributed by atoms with van der Waals surface area (Å²) in [5.41, 5.74) is -0.706. The smallest absolute Gasteiger partial charge is 0.321 e. The lowest BCUT2D eigenvalue weighted by atomic mass is 9.85. The van der Waals surface area contributed by atoms with Crippen LogP contribution in [0.25, 0.3) is 0 Å². The Morgan fingerprint density at radius 2 is 2.00 bits per heavy atom. The zero-order valence-corrected chi connectivity index (χ0v) is 13.0. The van der Waals surface area contributed by atoms with Crippen molar-refractivity contribution in [2.45, 2.75) is 40.2 Å². The first-order valence-corrected chi connectivity index (χ1v) is 7.20. The lowest BCUT2D eigenvalue weighted by molar-refractivity contribution is -0.139. The molecule has 3 N–H and O–H groups in total. The van der Waals surface area contributed by atoms with E-state index < -0.39 is 23.3 Å². The highest BCUT2D eigenvalue weighted by atomic mass is 32.1. The maximum absolute atomic E-state index is 11.7. The molecule has 1 rings (SSSR count). The molecule has 1 aromatic rings. The van der Waals surface area contributed by atoms with Crippen LogP contribution < -0.4 is 10.6 Å². The van der Waals surface area contributed by atoms with Gasteiger partial charge in [0.25, 0.3) is 0 Å². The first-order chi connectivity index (χ1) is 9.68. The summed E-state index contributed by atoms with van der Waals surface area (Å²) in [6.07, 6.45) is 1.53. The molecule has 0 spiro atoms.